The number of hydrogen-bond acceptors (Lipinski definition) is 5. The number of nitrogens with zero attached hydrogens (tertiary/aromatic N) is 2. The molecule has 6 nitrogen and oxygen atoms in total. The molecule has 2 amide bonds. The second kappa shape index (κ2) is 9.12. The molecule has 7 heteroatoms. The number of unbranched alkanes of at least 4 members (excludes halogenated alkanes) is 2. The van der Waals surface area contributed by atoms with Gasteiger partial charge in [0.1, 0.15) is 5.01 Å². The van der Waals surface area contributed by atoms with E-state index < -0.39 is 0 Å². The highest BCUT2D eigenvalue weighted by Crippen LogP contribution is 2.19. The van der Waals surface area contributed by atoms with E-state index in [2.05, 4.69) is 27.8 Å². The standard InChI is InChI=1S/C17H22N4O2S/c1-3-5-6-10-15-20-21-17(24-15)19-16(23)12-8-7-9-13(11-12)18-14(22)4-2/h7-9,11H,3-6,10H2,1-2H3,(H,18,22)(H,19,21,23). The van der Waals surface area contributed by atoms with Crippen molar-refractivity contribution in [1.29, 1.82) is 0 Å². The molecule has 2 N–H and O–H groups in total. The summed E-state index contributed by atoms with van der Waals surface area (Å²) < 4.78 is 0. The number of carbonyl (C=O) groups is 2. The average molecular weight is 346 g/mol. The molecule has 2 aromatic rings. The van der Waals surface area contributed by atoms with Crippen molar-refractivity contribution >= 4 is 34.0 Å². The van der Waals surface area contributed by atoms with E-state index >= 15 is 0 Å². The van der Waals surface area contributed by atoms with Crippen LogP contribution in [0.1, 0.15) is 54.9 Å². The molecule has 1 heterocycles. The first-order valence-electron chi connectivity index (χ1n) is 8.16. The van der Waals surface area contributed by atoms with Crippen LogP contribution in [0.15, 0.2) is 24.3 Å². The van der Waals surface area contributed by atoms with Crippen LogP contribution in [0.4, 0.5) is 10.8 Å². The zero-order valence-electron chi connectivity index (χ0n) is 14.0. The molecule has 0 saturated carbocycles. The van der Waals surface area contributed by atoms with Gasteiger partial charge in [-0.2, -0.15) is 0 Å². The summed E-state index contributed by atoms with van der Waals surface area (Å²) in [5.41, 5.74) is 1.07. The lowest BCUT2D eigenvalue weighted by Gasteiger charge is -2.06. The van der Waals surface area contributed by atoms with Crippen LogP contribution in [0.3, 0.4) is 0 Å². The van der Waals surface area contributed by atoms with Gasteiger partial charge in [0.2, 0.25) is 11.0 Å². The molecule has 128 valence electrons. The molecule has 0 spiro atoms. The highest BCUT2D eigenvalue weighted by molar-refractivity contribution is 7.15. The summed E-state index contributed by atoms with van der Waals surface area (Å²) in [6.45, 7) is 3.93. The maximum atomic E-state index is 12.3. The molecular formula is C17H22N4O2S. The molecule has 0 aliphatic heterocycles. The number of benzene rings is 1. The second-order valence-corrected chi connectivity index (χ2v) is 6.46. The first-order chi connectivity index (χ1) is 11.6. The van der Waals surface area contributed by atoms with Crippen LogP contribution in [0, 0.1) is 0 Å². The molecule has 1 aromatic heterocycles. The van der Waals surface area contributed by atoms with Crippen molar-refractivity contribution in [3.63, 3.8) is 0 Å². The van der Waals surface area contributed by atoms with E-state index in [1.165, 1.54) is 11.3 Å². The largest absolute Gasteiger partial charge is 0.326 e. The molecule has 0 aliphatic rings. The summed E-state index contributed by atoms with van der Waals surface area (Å²) in [4.78, 5) is 23.7. The Labute approximate surface area is 145 Å². The predicted octanol–water partition coefficient (Wildman–Crippen LogP) is 3.87. The van der Waals surface area contributed by atoms with E-state index in [4.69, 9.17) is 0 Å². The maximum absolute atomic E-state index is 12.3. The number of anilines is 2. The Hall–Kier alpha value is -2.28. The average Bonchev–Trinajstić information content (AvgIpc) is 3.02. The van der Waals surface area contributed by atoms with E-state index in [0.717, 1.165) is 30.7 Å². The quantitative estimate of drug-likeness (QED) is 0.711. The first-order valence-corrected chi connectivity index (χ1v) is 8.97. The van der Waals surface area contributed by atoms with Crippen molar-refractivity contribution in [2.45, 2.75) is 46.0 Å². The van der Waals surface area contributed by atoms with Crippen LogP contribution in [0.25, 0.3) is 0 Å². The van der Waals surface area contributed by atoms with Crippen molar-refractivity contribution in [2.24, 2.45) is 0 Å². The van der Waals surface area contributed by atoms with Crippen molar-refractivity contribution in [2.75, 3.05) is 10.6 Å². The van der Waals surface area contributed by atoms with Crippen LogP contribution in [-0.2, 0) is 11.2 Å². The molecule has 0 unspecified atom stereocenters. The number of aryl methyl sites for hydroxylation is 1. The molecule has 1 aromatic carbocycles. The molecule has 24 heavy (non-hydrogen) atoms. The van der Waals surface area contributed by atoms with E-state index in [1.54, 1.807) is 31.2 Å². The minimum absolute atomic E-state index is 0.0894. The van der Waals surface area contributed by atoms with E-state index in [-0.39, 0.29) is 11.8 Å². The Morgan fingerprint density at radius 3 is 2.71 bits per heavy atom. The number of aromatic nitrogens is 2. The zero-order chi connectivity index (χ0) is 17.4. The van der Waals surface area contributed by atoms with Crippen molar-refractivity contribution in [3.8, 4) is 0 Å². The lowest BCUT2D eigenvalue weighted by molar-refractivity contribution is -0.115. The third-order valence-electron chi connectivity index (χ3n) is 3.41. The van der Waals surface area contributed by atoms with Gasteiger partial charge in [-0.1, -0.05) is 44.1 Å². The Morgan fingerprint density at radius 2 is 1.96 bits per heavy atom. The topological polar surface area (TPSA) is 84.0 Å². The van der Waals surface area contributed by atoms with Gasteiger partial charge in [-0.3, -0.25) is 14.9 Å². The fourth-order valence-corrected chi connectivity index (χ4v) is 2.86. The molecule has 0 aliphatic carbocycles. The minimum atomic E-state index is -0.265. The minimum Gasteiger partial charge on any atom is -0.326 e. The molecule has 0 bridgehead atoms. The fourth-order valence-electron chi connectivity index (χ4n) is 2.09. The van der Waals surface area contributed by atoms with Crippen molar-refractivity contribution in [1.82, 2.24) is 10.2 Å². The van der Waals surface area contributed by atoms with Crippen LogP contribution in [0.2, 0.25) is 0 Å². The summed E-state index contributed by atoms with van der Waals surface area (Å²) in [6, 6.07) is 6.82. The third-order valence-corrected chi connectivity index (χ3v) is 4.31. The Kier molecular flexibility index (Phi) is 6.87. The second-order valence-electron chi connectivity index (χ2n) is 5.39. The van der Waals surface area contributed by atoms with Crippen LogP contribution in [-0.4, -0.2) is 22.0 Å². The summed E-state index contributed by atoms with van der Waals surface area (Å²) in [7, 11) is 0. The van der Waals surface area contributed by atoms with Crippen LogP contribution >= 0.6 is 11.3 Å². The van der Waals surface area contributed by atoms with Gasteiger partial charge in [-0.05, 0) is 24.6 Å². The molecule has 2 rings (SSSR count). The van der Waals surface area contributed by atoms with Gasteiger partial charge in [-0.15, -0.1) is 10.2 Å². The highest BCUT2D eigenvalue weighted by atomic mass is 32.1. The lowest BCUT2D eigenvalue weighted by atomic mass is 10.2. The van der Waals surface area contributed by atoms with E-state index in [0.29, 0.717) is 22.8 Å². The maximum Gasteiger partial charge on any atom is 0.257 e. The first kappa shape index (κ1) is 18.1. The highest BCUT2D eigenvalue weighted by Gasteiger charge is 2.11. The van der Waals surface area contributed by atoms with E-state index in [9.17, 15) is 9.59 Å². The van der Waals surface area contributed by atoms with Crippen molar-refractivity contribution < 1.29 is 9.59 Å². The number of carbonyl (C=O) groups excluding carboxylic acids is 2. The monoisotopic (exact) mass is 346 g/mol. The van der Waals surface area contributed by atoms with E-state index in [1.807, 2.05) is 0 Å². The van der Waals surface area contributed by atoms with Crippen LogP contribution in [0.5, 0.6) is 0 Å². The predicted molar refractivity (Wildman–Crippen MR) is 96.5 cm³/mol. The van der Waals surface area contributed by atoms with Gasteiger partial charge in [-0.25, -0.2) is 0 Å². The van der Waals surface area contributed by atoms with Gasteiger partial charge in [0.05, 0.1) is 0 Å². The number of hydrogen-bond donors (Lipinski definition) is 2. The summed E-state index contributed by atoms with van der Waals surface area (Å²) in [6.07, 6.45) is 4.69. The third kappa shape index (κ3) is 5.42. The van der Waals surface area contributed by atoms with Crippen LogP contribution < -0.4 is 10.6 Å². The van der Waals surface area contributed by atoms with Gasteiger partial charge in [0.15, 0.2) is 0 Å². The smallest absolute Gasteiger partial charge is 0.257 e. The molecular weight excluding hydrogens is 324 g/mol. The molecule has 0 radical (unpaired) electrons. The Bertz CT molecular complexity index is 699. The summed E-state index contributed by atoms with van der Waals surface area (Å²) in [5.74, 6) is -0.354. The Balaban J connectivity index is 1.97. The van der Waals surface area contributed by atoms with Gasteiger partial charge in [0.25, 0.3) is 5.91 Å². The number of nitrogens with one attached hydrogen (secondary N) is 2. The normalized spacial score (nSPS) is 10.4. The molecule has 0 fully saturated rings. The van der Waals surface area contributed by atoms with Gasteiger partial charge < -0.3 is 5.32 Å². The van der Waals surface area contributed by atoms with Gasteiger partial charge in [0, 0.05) is 24.1 Å². The zero-order valence-corrected chi connectivity index (χ0v) is 14.8. The summed E-state index contributed by atoms with van der Waals surface area (Å²) >= 11 is 1.40. The SMILES string of the molecule is CCCCCc1nnc(NC(=O)c2cccc(NC(=O)CC)c2)s1. The molecule has 0 saturated heterocycles. The van der Waals surface area contributed by atoms with Crippen molar-refractivity contribution in [3.05, 3.63) is 34.8 Å². The van der Waals surface area contributed by atoms with Gasteiger partial charge >= 0.3 is 0 Å². The number of amides is 2. The number of rotatable bonds is 8. The molecule has 0 atom stereocenters. The Morgan fingerprint density at radius 1 is 1.12 bits per heavy atom. The summed E-state index contributed by atoms with van der Waals surface area (Å²) in [5, 5.41) is 15.0. The lowest BCUT2D eigenvalue weighted by Crippen LogP contribution is -2.13. The fraction of sp³-hybridized carbons (Fsp3) is 0.412.